The number of carbonyl (C=O) groups is 1. The average molecular weight is 203 g/mol. The van der Waals surface area contributed by atoms with Crippen LogP contribution >= 0.6 is 0 Å². The molecule has 0 saturated heterocycles. The summed E-state index contributed by atoms with van der Waals surface area (Å²) in [6.45, 7) is 0.395. The highest BCUT2D eigenvalue weighted by molar-refractivity contribution is 5.64. The Morgan fingerprint density at radius 1 is 1.33 bits per heavy atom. The summed E-state index contributed by atoms with van der Waals surface area (Å²) in [6.07, 6.45) is 5.17. The Bertz CT molecular complexity index is 410. The zero-order valence-corrected chi connectivity index (χ0v) is 8.36. The van der Waals surface area contributed by atoms with Crippen LogP contribution in [0.1, 0.15) is 16.7 Å². The van der Waals surface area contributed by atoms with Gasteiger partial charge >= 0.3 is 6.09 Å². The minimum Gasteiger partial charge on any atom is -0.465 e. The van der Waals surface area contributed by atoms with Gasteiger partial charge in [0.25, 0.3) is 0 Å². The summed E-state index contributed by atoms with van der Waals surface area (Å²) in [4.78, 5) is 10.4. The highest BCUT2D eigenvalue weighted by Gasteiger charge is 2.09. The molecule has 0 fully saturated rings. The van der Waals surface area contributed by atoms with Crippen LogP contribution in [0.5, 0.6) is 0 Å². The van der Waals surface area contributed by atoms with E-state index in [9.17, 15) is 4.79 Å². The van der Waals surface area contributed by atoms with E-state index in [4.69, 9.17) is 5.11 Å². The second kappa shape index (κ2) is 4.17. The second-order valence-corrected chi connectivity index (χ2v) is 3.59. The predicted molar refractivity (Wildman–Crippen MR) is 57.9 cm³/mol. The van der Waals surface area contributed by atoms with E-state index in [-0.39, 0.29) is 0 Å². The third-order valence-electron chi connectivity index (χ3n) is 2.63. The summed E-state index contributed by atoms with van der Waals surface area (Å²) in [5.74, 6) is 0. The van der Waals surface area contributed by atoms with Crippen molar-refractivity contribution in [3.05, 3.63) is 47.0 Å². The van der Waals surface area contributed by atoms with Crippen molar-refractivity contribution >= 4 is 6.09 Å². The molecule has 0 radical (unpaired) electrons. The number of amides is 1. The minimum absolute atomic E-state index is 0.395. The van der Waals surface area contributed by atoms with Gasteiger partial charge < -0.3 is 10.4 Å². The maximum absolute atomic E-state index is 10.4. The average Bonchev–Trinajstić information content (AvgIpc) is 2.26. The normalized spacial score (nSPS) is 13.3. The quantitative estimate of drug-likeness (QED) is 0.723. The van der Waals surface area contributed by atoms with E-state index in [1.54, 1.807) is 0 Å². The molecule has 1 amide bonds. The zero-order chi connectivity index (χ0) is 10.7. The third kappa shape index (κ3) is 2.18. The lowest BCUT2D eigenvalue weighted by atomic mass is 9.92. The Morgan fingerprint density at radius 2 is 2.13 bits per heavy atom. The van der Waals surface area contributed by atoms with E-state index >= 15 is 0 Å². The first-order valence-electron chi connectivity index (χ1n) is 4.99. The van der Waals surface area contributed by atoms with Gasteiger partial charge in [-0.15, -0.1) is 0 Å². The van der Waals surface area contributed by atoms with Crippen LogP contribution in [0.4, 0.5) is 4.79 Å². The smallest absolute Gasteiger partial charge is 0.404 e. The Balaban J connectivity index is 2.21. The lowest BCUT2D eigenvalue weighted by molar-refractivity contribution is 0.194. The fraction of sp³-hybridized carbons (Fsp3) is 0.250. The van der Waals surface area contributed by atoms with Gasteiger partial charge in [-0.25, -0.2) is 4.79 Å². The second-order valence-electron chi connectivity index (χ2n) is 3.59. The fourth-order valence-corrected chi connectivity index (χ4v) is 1.89. The van der Waals surface area contributed by atoms with Crippen LogP contribution in [0.15, 0.2) is 30.4 Å². The largest absolute Gasteiger partial charge is 0.465 e. The molecule has 78 valence electrons. The van der Waals surface area contributed by atoms with Gasteiger partial charge in [0, 0.05) is 6.54 Å². The van der Waals surface area contributed by atoms with Gasteiger partial charge in [-0.2, -0.15) is 0 Å². The molecule has 0 aromatic heterocycles. The van der Waals surface area contributed by atoms with E-state index in [0.717, 1.165) is 18.4 Å². The van der Waals surface area contributed by atoms with Gasteiger partial charge in [0.05, 0.1) is 0 Å². The standard InChI is InChI=1S/C12H13NO2/c14-12(15)13-8-10-6-3-5-9-4-1-2-7-11(9)10/h1-3,5-6,13H,4,7-8H2,(H,14,15). The zero-order valence-electron chi connectivity index (χ0n) is 8.36. The monoisotopic (exact) mass is 203 g/mol. The molecular formula is C12H13NO2. The van der Waals surface area contributed by atoms with Crippen molar-refractivity contribution < 1.29 is 9.90 Å². The van der Waals surface area contributed by atoms with Crippen LogP contribution in [-0.4, -0.2) is 11.2 Å². The highest BCUT2D eigenvalue weighted by Crippen LogP contribution is 2.20. The number of allylic oxidation sites excluding steroid dienone is 2. The van der Waals surface area contributed by atoms with Gasteiger partial charge in [0.1, 0.15) is 0 Å². The molecule has 3 nitrogen and oxygen atoms in total. The summed E-state index contributed by atoms with van der Waals surface area (Å²) in [5, 5.41) is 11.0. The molecule has 15 heavy (non-hydrogen) atoms. The number of nitrogens with one attached hydrogen (secondary N) is 1. The highest BCUT2D eigenvalue weighted by atomic mass is 16.4. The molecule has 0 spiro atoms. The van der Waals surface area contributed by atoms with Crippen LogP contribution in [0.25, 0.3) is 0 Å². The Morgan fingerprint density at radius 3 is 2.93 bits per heavy atom. The van der Waals surface area contributed by atoms with Gasteiger partial charge in [0.2, 0.25) is 0 Å². The van der Waals surface area contributed by atoms with E-state index < -0.39 is 6.09 Å². The van der Waals surface area contributed by atoms with Gasteiger partial charge in [0.15, 0.2) is 0 Å². The van der Waals surface area contributed by atoms with E-state index in [1.807, 2.05) is 12.1 Å². The molecule has 0 atom stereocenters. The van der Waals surface area contributed by atoms with Crippen LogP contribution in [-0.2, 0) is 19.4 Å². The van der Waals surface area contributed by atoms with E-state index in [0.29, 0.717) is 6.54 Å². The summed E-state index contributed by atoms with van der Waals surface area (Å²) in [7, 11) is 0. The Kier molecular flexibility index (Phi) is 2.72. The SMILES string of the molecule is O=C(O)NCc1cccc2c1CC=CC2. The molecule has 2 rings (SSSR count). The van der Waals surface area contributed by atoms with Crippen LogP contribution < -0.4 is 5.32 Å². The van der Waals surface area contributed by atoms with Gasteiger partial charge in [-0.05, 0) is 29.5 Å². The number of rotatable bonds is 2. The van der Waals surface area contributed by atoms with Crippen LogP contribution in [0.3, 0.4) is 0 Å². The number of hydrogen-bond acceptors (Lipinski definition) is 1. The van der Waals surface area contributed by atoms with Crippen LogP contribution in [0, 0.1) is 0 Å². The first kappa shape index (κ1) is 9.77. The number of fused-ring (bicyclic) bond motifs is 1. The molecular weight excluding hydrogens is 190 g/mol. The fourth-order valence-electron chi connectivity index (χ4n) is 1.89. The van der Waals surface area contributed by atoms with E-state index in [1.165, 1.54) is 11.1 Å². The molecule has 1 aromatic rings. The first-order chi connectivity index (χ1) is 7.27. The van der Waals surface area contributed by atoms with Crippen molar-refractivity contribution in [3.8, 4) is 0 Å². The van der Waals surface area contributed by atoms with Crippen molar-refractivity contribution in [2.45, 2.75) is 19.4 Å². The lowest BCUT2D eigenvalue weighted by Crippen LogP contribution is -2.21. The van der Waals surface area contributed by atoms with Crippen molar-refractivity contribution in [1.29, 1.82) is 0 Å². The number of carboxylic acid groups (broad SMARTS) is 1. The molecule has 1 aromatic carbocycles. The predicted octanol–water partition coefficient (Wildman–Crippen LogP) is 2.11. The molecule has 0 unspecified atom stereocenters. The molecule has 1 aliphatic carbocycles. The molecule has 0 aliphatic heterocycles. The van der Waals surface area contributed by atoms with Gasteiger partial charge in [-0.3, -0.25) is 0 Å². The third-order valence-corrected chi connectivity index (χ3v) is 2.63. The Hall–Kier alpha value is -1.77. The number of benzene rings is 1. The molecule has 0 heterocycles. The summed E-state index contributed by atoms with van der Waals surface area (Å²) >= 11 is 0. The molecule has 0 bridgehead atoms. The summed E-state index contributed by atoms with van der Waals surface area (Å²) in [6, 6.07) is 6.06. The van der Waals surface area contributed by atoms with Crippen molar-refractivity contribution in [1.82, 2.24) is 5.32 Å². The first-order valence-corrected chi connectivity index (χ1v) is 4.99. The summed E-state index contributed by atoms with van der Waals surface area (Å²) < 4.78 is 0. The molecule has 3 heteroatoms. The molecule has 2 N–H and O–H groups in total. The summed E-state index contributed by atoms with van der Waals surface area (Å²) in [5.41, 5.74) is 3.66. The van der Waals surface area contributed by atoms with Crippen molar-refractivity contribution in [2.24, 2.45) is 0 Å². The van der Waals surface area contributed by atoms with Crippen molar-refractivity contribution in [2.75, 3.05) is 0 Å². The maximum Gasteiger partial charge on any atom is 0.404 e. The maximum atomic E-state index is 10.4. The number of hydrogen-bond donors (Lipinski definition) is 2. The van der Waals surface area contributed by atoms with Crippen molar-refractivity contribution in [3.63, 3.8) is 0 Å². The Labute approximate surface area is 88.4 Å². The lowest BCUT2D eigenvalue weighted by Gasteiger charge is -2.15. The minimum atomic E-state index is -0.973. The molecule has 1 aliphatic rings. The van der Waals surface area contributed by atoms with Gasteiger partial charge in [-0.1, -0.05) is 30.4 Å². The van der Waals surface area contributed by atoms with Crippen LogP contribution in [0.2, 0.25) is 0 Å². The van der Waals surface area contributed by atoms with E-state index in [2.05, 4.69) is 23.5 Å². The molecule has 0 saturated carbocycles. The topological polar surface area (TPSA) is 49.3 Å².